The Morgan fingerprint density at radius 3 is 2.75 bits per heavy atom. The predicted octanol–water partition coefficient (Wildman–Crippen LogP) is 2.65. The third-order valence-electron chi connectivity index (χ3n) is 5.43. The highest BCUT2D eigenvalue weighted by Crippen LogP contribution is 2.27. The van der Waals surface area contributed by atoms with Gasteiger partial charge in [-0.3, -0.25) is 24.2 Å². The van der Waals surface area contributed by atoms with Crippen molar-refractivity contribution in [3.63, 3.8) is 0 Å². The molecule has 32 heavy (non-hydrogen) atoms. The number of hydrogen-bond donors (Lipinski definition) is 0. The van der Waals surface area contributed by atoms with E-state index in [0.717, 1.165) is 12.8 Å². The average molecular weight is 458 g/mol. The Balaban J connectivity index is 1.41. The number of hydrogen-bond acceptors (Lipinski definition) is 8. The summed E-state index contributed by atoms with van der Waals surface area (Å²) in [5.74, 6) is -1.54. The van der Waals surface area contributed by atoms with Gasteiger partial charge in [0.15, 0.2) is 5.13 Å². The van der Waals surface area contributed by atoms with E-state index in [0.29, 0.717) is 24.0 Å². The van der Waals surface area contributed by atoms with Gasteiger partial charge >= 0.3 is 5.97 Å². The Morgan fingerprint density at radius 2 is 2.06 bits per heavy atom. The first kappa shape index (κ1) is 22.1. The van der Waals surface area contributed by atoms with Crippen molar-refractivity contribution in [1.82, 2.24) is 9.88 Å². The molecule has 1 aromatic heterocycles. The van der Waals surface area contributed by atoms with E-state index in [1.807, 2.05) is 6.92 Å². The van der Waals surface area contributed by atoms with Crippen molar-refractivity contribution in [2.75, 3.05) is 24.6 Å². The lowest BCUT2D eigenvalue weighted by Gasteiger charge is -2.17. The lowest BCUT2D eigenvalue weighted by Crippen LogP contribution is -2.36. The van der Waals surface area contributed by atoms with Gasteiger partial charge in [-0.05, 0) is 38.0 Å². The van der Waals surface area contributed by atoms with E-state index in [4.69, 9.17) is 9.47 Å². The fourth-order valence-corrected chi connectivity index (χ4v) is 4.69. The standard InChI is InChI=1S/C22H23N3O6S/c1-3-24(13(2)26)22-23-15(12-32-22)11-31-21(29)14-6-7-17-18(9-14)20(28)25(19(17)27)10-16-5-4-8-30-16/h6-7,9,12,16H,3-5,8,10-11H2,1-2H3. The second-order valence-electron chi connectivity index (χ2n) is 7.58. The van der Waals surface area contributed by atoms with Crippen LogP contribution in [0.1, 0.15) is 63.5 Å². The smallest absolute Gasteiger partial charge is 0.338 e. The van der Waals surface area contributed by atoms with Crippen LogP contribution in [0.3, 0.4) is 0 Å². The molecule has 1 unspecified atom stereocenters. The number of aromatic nitrogens is 1. The molecule has 1 saturated heterocycles. The van der Waals surface area contributed by atoms with Gasteiger partial charge in [-0.15, -0.1) is 11.3 Å². The molecular formula is C22H23N3O6S. The topological polar surface area (TPSA) is 106 Å². The number of anilines is 1. The van der Waals surface area contributed by atoms with Crippen molar-refractivity contribution in [1.29, 1.82) is 0 Å². The molecule has 1 aromatic carbocycles. The van der Waals surface area contributed by atoms with Gasteiger partial charge in [-0.25, -0.2) is 9.78 Å². The first-order chi connectivity index (χ1) is 15.4. The molecule has 168 valence electrons. The van der Waals surface area contributed by atoms with E-state index >= 15 is 0 Å². The first-order valence-corrected chi connectivity index (χ1v) is 11.3. The minimum Gasteiger partial charge on any atom is -0.456 e. The van der Waals surface area contributed by atoms with E-state index in [1.54, 1.807) is 5.38 Å². The Morgan fingerprint density at radius 1 is 1.28 bits per heavy atom. The van der Waals surface area contributed by atoms with Crippen molar-refractivity contribution in [2.24, 2.45) is 0 Å². The van der Waals surface area contributed by atoms with Crippen LogP contribution >= 0.6 is 11.3 Å². The molecule has 0 aliphatic carbocycles. The highest BCUT2D eigenvalue weighted by atomic mass is 32.1. The summed E-state index contributed by atoms with van der Waals surface area (Å²) in [6.45, 7) is 4.59. The second-order valence-corrected chi connectivity index (χ2v) is 8.41. The second kappa shape index (κ2) is 9.17. The van der Waals surface area contributed by atoms with Gasteiger partial charge in [0, 0.05) is 25.5 Å². The number of thiazole rings is 1. The largest absolute Gasteiger partial charge is 0.456 e. The average Bonchev–Trinajstić information content (AvgIpc) is 3.51. The van der Waals surface area contributed by atoms with Gasteiger partial charge < -0.3 is 9.47 Å². The Bertz CT molecular complexity index is 1080. The van der Waals surface area contributed by atoms with Crippen molar-refractivity contribution in [3.8, 4) is 0 Å². The van der Waals surface area contributed by atoms with Crippen molar-refractivity contribution in [3.05, 3.63) is 46.0 Å². The van der Waals surface area contributed by atoms with Crippen molar-refractivity contribution in [2.45, 2.75) is 39.4 Å². The Hall–Kier alpha value is -3.11. The SMILES string of the molecule is CCN(C(C)=O)c1nc(COC(=O)c2ccc3c(c2)C(=O)N(CC2CCCO2)C3=O)cs1. The maximum atomic E-state index is 12.8. The third-order valence-corrected chi connectivity index (χ3v) is 6.35. The molecule has 3 heterocycles. The van der Waals surface area contributed by atoms with Crippen LogP contribution in [0.25, 0.3) is 0 Å². The lowest BCUT2D eigenvalue weighted by atomic mass is 10.1. The number of ether oxygens (including phenoxy) is 2. The molecule has 3 amide bonds. The fourth-order valence-electron chi connectivity index (χ4n) is 3.78. The highest BCUT2D eigenvalue weighted by Gasteiger charge is 2.38. The van der Waals surface area contributed by atoms with E-state index < -0.39 is 11.9 Å². The number of esters is 1. The van der Waals surface area contributed by atoms with Gasteiger partial charge in [0.25, 0.3) is 11.8 Å². The van der Waals surface area contributed by atoms with Gasteiger partial charge in [-0.1, -0.05) is 0 Å². The molecule has 4 rings (SSSR count). The minimum atomic E-state index is -0.626. The summed E-state index contributed by atoms with van der Waals surface area (Å²) in [4.78, 5) is 56.6. The summed E-state index contributed by atoms with van der Waals surface area (Å²) < 4.78 is 10.9. The van der Waals surface area contributed by atoms with Crippen LogP contribution in [0.15, 0.2) is 23.6 Å². The predicted molar refractivity (Wildman–Crippen MR) is 116 cm³/mol. The summed E-state index contributed by atoms with van der Waals surface area (Å²) in [5.41, 5.74) is 1.17. The molecule has 0 bridgehead atoms. The van der Waals surface area contributed by atoms with Gasteiger partial charge in [0.2, 0.25) is 5.91 Å². The molecule has 0 spiro atoms. The Labute approximate surface area is 188 Å². The lowest BCUT2D eigenvalue weighted by molar-refractivity contribution is -0.116. The fraction of sp³-hybridized carbons (Fsp3) is 0.409. The molecule has 2 aliphatic rings. The number of rotatable bonds is 7. The zero-order valence-electron chi connectivity index (χ0n) is 17.8. The molecule has 1 atom stereocenters. The number of amides is 3. The van der Waals surface area contributed by atoms with Gasteiger partial charge in [0.1, 0.15) is 6.61 Å². The number of fused-ring (bicyclic) bond motifs is 1. The molecule has 2 aliphatic heterocycles. The summed E-state index contributed by atoms with van der Waals surface area (Å²) in [6, 6.07) is 4.35. The van der Waals surface area contributed by atoms with Crippen LogP contribution in [-0.2, 0) is 20.9 Å². The van der Waals surface area contributed by atoms with Crippen LogP contribution in [0.4, 0.5) is 5.13 Å². The van der Waals surface area contributed by atoms with E-state index in [2.05, 4.69) is 4.98 Å². The zero-order valence-corrected chi connectivity index (χ0v) is 18.6. The quantitative estimate of drug-likeness (QED) is 0.465. The molecule has 0 radical (unpaired) electrons. The molecule has 0 N–H and O–H groups in total. The van der Waals surface area contributed by atoms with E-state index in [1.165, 1.54) is 46.3 Å². The molecule has 1 fully saturated rings. The summed E-state index contributed by atoms with van der Waals surface area (Å²) >= 11 is 1.29. The number of nitrogens with zero attached hydrogens (tertiary/aromatic N) is 3. The minimum absolute atomic E-state index is 0.0695. The highest BCUT2D eigenvalue weighted by molar-refractivity contribution is 7.14. The number of carbonyl (C=O) groups is 4. The van der Waals surface area contributed by atoms with E-state index in [-0.39, 0.29) is 47.8 Å². The number of carbonyl (C=O) groups excluding carboxylic acids is 4. The maximum Gasteiger partial charge on any atom is 0.338 e. The Kier molecular flexibility index (Phi) is 6.33. The van der Waals surface area contributed by atoms with Gasteiger partial charge in [0.05, 0.1) is 35.0 Å². The maximum absolute atomic E-state index is 12.8. The van der Waals surface area contributed by atoms with Crippen LogP contribution < -0.4 is 4.90 Å². The molecule has 9 nitrogen and oxygen atoms in total. The van der Waals surface area contributed by atoms with Crippen LogP contribution in [0.2, 0.25) is 0 Å². The molecule has 2 aromatic rings. The third kappa shape index (κ3) is 4.28. The normalized spacial score (nSPS) is 17.6. The number of benzene rings is 1. The first-order valence-electron chi connectivity index (χ1n) is 10.4. The molecule has 0 saturated carbocycles. The van der Waals surface area contributed by atoms with Gasteiger partial charge in [-0.2, -0.15) is 0 Å². The van der Waals surface area contributed by atoms with Crippen LogP contribution in [0.5, 0.6) is 0 Å². The summed E-state index contributed by atoms with van der Waals surface area (Å²) in [5, 5.41) is 2.27. The van der Waals surface area contributed by atoms with Crippen molar-refractivity contribution < 1.29 is 28.7 Å². The van der Waals surface area contributed by atoms with E-state index in [9.17, 15) is 19.2 Å². The summed E-state index contributed by atoms with van der Waals surface area (Å²) in [7, 11) is 0. The monoisotopic (exact) mass is 457 g/mol. The summed E-state index contributed by atoms with van der Waals surface area (Å²) in [6.07, 6.45) is 1.58. The van der Waals surface area contributed by atoms with Crippen LogP contribution in [0, 0.1) is 0 Å². The number of imide groups is 1. The molecular weight excluding hydrogens is 434 g/mol. The molecule has 10 heteroatoms. The van der Waals surface area contributed by atoms with Crippen LogP contribution in [-0.4, -0.2) is 59.4 Å². The zero-order chi connectivity index (χ0) is 22.8. The van der Waals surface area contributed by atoms with Crippen molar-refractivity contribution >= 4 is 40.2 Å².